The number of carbonyl (C=O) groups excluding carboxylic acids is 1. The third kappa shape index (κ3) is 7.05. The molecule has 6 heteroatoms. The molecule has 0 atom stereocenters. The van der Waals surface area contributed by atoms with Crippen molar-refractivity contribution in [2.45, 2.75) is 26.9 Å². The molecule has 1 amide bonds. The van der Waals surface area contributed by atoms with E-state index in [1.54, 1.807) is 36.4 Å². The first-order chi connectivity index (χ1) is 16.9. The number of nitrogens with one attached hydrogen (secondary N) is 1. The average molecular weight is 471 g/mol. The fourth-order valence-corrected chi connectivity index (χ4v) is 3.39. The van der Waals surface area contributed by atoms with Gasteiger partial charge in [-0.1, -0.05) is 35.9 Å². The van der Waals surface area contributed by atoms with E-state index in [-0.39, 0.29) is 18.0 Å². The van der Waals surface area contributed by atoms with E-state index in [2.05, 4.69) is 11.9 Å². The SMILES string of the molecule is C=CCc1cc(/C=C(/C#N)C(=O)Nc2ccc(C)cc2)cc(OCC)c1OCc1ccc(F)cc1. The average Bonchev–Trinajstić information content (AvgIpc) is 2.85. The highest BCUT2D eigenvalue weighted by atomic mass is 19.1. The van der Waals surface area contributed by atoms with Crippen molar-refractivity contribution in [3.8, 4) is 17.6 Å². The van der Waals surface area contributed by atoms with Gasteiger partial charge in [-0.05, 0) is 73.9 Å². The number of hydrogen-bond donors (Lipinski definition) is 1. The van der Waals surface area contributed by atoms with E-state index in [1.165, 1.54) is 18.2 Å². The zero-order valence-electron chi connectivity index (χ0n) is 19.8. The first-order valence-electron chi connectivity index (χ1n) is 11.2. The number of halogens is 1. The van der Waals surface area contributed by atoms with Crippen LogP contribution in [0.2, 0.25) is 0 Å². The van der Waals surface area contributed by atoms with Crippen molar-refractivity contribution >= 4 is 17.7 Å². The molecule has 0 heterocycles. The standard InChI is InChI=1S/C29H27FN2O3/c1-4-6-23-15-22(16-24(18-31)29(33)32-26-13-7-20(3)8-14-26)17-27(34-5-2)28(23)35-19-21-9-11-25(30)12-10-21/h4,7-17H,1,5-6,19H2,2-3H3,(H,32,33)/b24-16-. The van der Waals surface area contributed by atoms with Gasteiger partial charge in [0.05, 0.1) is 6.61 Å². The maximum Gasteiger partial charge on any atom is 0.266 e. The van der Waals surface area contributed by atoms with E-state index in [4.69, 9.17) is 9.47 Å². The summed E-state index contributed by atoms with van der Waals surface area (Å²) >= 11 is 0. The predicted molar refractivity (Wildman–Crippen MR) is 136 cm³/mol. The monoisotopic (exact) mass is 470 g/mol. The summed E-state index contributed by atoms with van der Waals surface area (Å²) in [5.74, 6) is 0.204. The van der Waals surface area contributed by atoms with Gasteiger partial charge in [0.1, 0.15) is 24.1 Å². The highest BCUT2D eigenvalue weighted by molar-refractivity contribution is 6.09. The topological polar surface area (TPSA) is 71.4 Å². The van der Waals surface area contributed by atoms with Gasteiger partial charge >= 0.3 is 0 Å². The lowest BCUT2D eigenvalue weighted by Crippen LogP contribution is -2.13. The highest BCUT2D eigenvalue weighted by Gasteiger charge is 2.15. The van der Waals surface area contributed by atoms with Crippen LogP contribution in [0.25, 0.3) is 6.08 Å². The van der Waals surface area contributed by atoms with Gasteiger partial charge in [-0.25, -0.2) is 4.39 Å². The molecular formula is C29H27FN2O3. The normalized spacial score (nSPS) is 10.9. The molecule has 0 bridgehead atoms. The molecule has 5 nitrogen and oxygen atoms in total. The number of nitriles is 1. The molecule has 0 aromatic heterocycles. The van der Waals surface area contributed by atoms with Gasteiger partial charge in [-0.2, -0.15) is 5.26 Å². The second-order valence-electron chi connectivity index (χ2n) is 7.84. The number of nitrogens with zero attached hydrogens (tertiary/aromatic N) is 1. The molecule has 3 aromatic rings. The highest BCUT2D eigenvalue weighted by Crippen LogP contribution is 2.35. The fraction of sp³-hybridized carbons (Fsp3) is 0.172. The lowest BCUT2D eigenvalue weighted by Gasteiger charge is -2.17. The minimum atomic E-state index is -0.504. The number of anilines is 1. The summed E-state index contributed by atoms with van der Waals surface area (Å²) in [6, 6.07) is 18.9. The number of ether oxygens (including phenoxy) is 2. The molecule has 0 saturated heterocycles. The van der Waals surface area contributed by atoms with E-state index < -0.39 is 5.91 Å². The Labute approximate surface area is 205 Å². The second-order valence-corrected chi connectivity index (χ2v) is 7.84. The van der Waals surface area contributed by atoms with E-state index >= 15 is 0 Å². The van der Waals surface area contributed by atoms with Crippen LogP contribution in [0.3, 0.4) is 0 Å². The minimum absolute atomic E-state index is 0.0439. The third-order valence-electron chi connectivity index (χ3n) is 5.10. The van der Waals surface area contributed by atoms with E-state index in [9.17, 15) is 14.4 Å². The van der Waals surface area contributed by atoms with E-state index in [0.717, 1.165) is 16.7 Å². The van der Waals surface area contributed by atoms with Crippen LogP contribution >= 0.6 is 0 Å². The summed E-state index contributed by atoms with van der Waals surface area (Å²) in [7, 11) is 0. The van der Waals surface area contributed by atoms with Gasteiger partial charge in [-0.3, -0.25) is 4.79 Å². The molecule has 0 spiro atoms. The number of aryl methyl sites for hydroxylation is 1. The molecule has 35 heavy (non-hydrogen) atoms. The van der Waals surface area contributed by atoms with E-state index in [0.29, 0.717) is 35.8 Å². The number of rotatable bonds is 10. The third-order valence-corrected chi connectivity index (χ3v) is 5.10. The van der Waals surface area contributed by atoms with Crippen molar-refractivity contribution in [1.82, 2.24) is 0 Å². The Bertz CT molecular complexity index is 1260. The summed E-state index contributed by atoms with van der Waals surface area (Å²) < 4.78 is 25.1. The first kappa shape index (κ1) is 25.3. The summed E-state index contributed by atoms with van der Waals surface area (Å²) in [6.45, 7) is 8.25. The summed E-state index contributed by atoms with van der Waals surface area (Å²) in [5.41, 5.74) is 3.85. The smallest absolute Gasteiger partial charge is 0.266 e. The van der Waals surface area contributed by atoms with Crippen molar-refractivity contribution in [2.24, 2.45) is 0 Å². The summed E-state index contributed by atoms with van der Waals surface area (Å²) in [5, 5.41) is 12.4. The minimum Gasteiger partial charge on any atom is -0.490 e. The van der Waals surface area contributed by atoms with Crippen LogP contribution in [0.5, 0.6) is 11.5 Å². The number of hydrogen-bond acceptors (Lipinski definition) is 4. The zero-order valence-corrected chi connectivity index (χ0v) is 19.8. The van der Waals surface area contributed by atoms with Gasteiger partial charge < -0.3 is 14.8 Å². The van der Waals surface area contributed by atoms with Crippen molar-refractivity contribution in [3.63, 3.8) is 0 Å². The zero-order chi connectivity index (χ0) is 25.2. The lowest BCUT2D eigenvalue weighted by molar-refractivity contribution is -0.112. The van der Waals surface area contributed by atoms with Crippen LogP contribution in [-0.2, 0) is 17.8 Å². The molecule has 0 radical (unpaired) electrons. The first-order valence-corrected chi connectivity index (χ1v) is 11.2. The molecule has 178 valence electrons. The van der Waals surface area contributed by atoms with Gasteiger partial charge in [0.25, 0.3) is 5.91 Å². The van der Waals surface area contributed by atoms with Crippen LogP contribution in [0, 0.1) is 24.1 Å². The Balaban J connectivity index is 1.91. The van der Waals surface area contributed by atoms with Crippen LogP contribution < -0.4 is 14.8 Å². The Morgan fingerprint density at radius 3 is 2.46 bits per heavy atom. The maximum atomic E-state index is 13.2. The molecule has 0 saturated carbocycles. The number of benzene rings is 3. The van der Waals surface area contributed by atoms with Crippen LogP contribution in [0.15, 0.2) is 78.9 Å². The van der Waals surface area contributed by atoms with Gasteiger partial charge in [0, 0.05) is 11.3 Å². The molecular weight excluding hydrogens is 443 g/mol. The second kappa shape index (κ2) is 12.2. The van der Waals surface area contributed by atoms with Crippen LogP contribution in [0.4, 0.5) is 10.1 Å². The predicted octanol–water partition coefficient (Wildman–Crippen LogP) is 6.39. The van der Waals surface area contributed by atoms with Gasteiger partial charge in [-0.15, -0.1) is 6.58 Å². The van der Waals surface area contributed by atoms with Gasteiger partial charge in [0.15, 0.2) is 11.5 Å². The van der Waals surface area contributed by atoms with Gasteiger partial charge in [0.2, 0.25) is 0 Å². The van der Waals surface area contributed by atoms with Crippen molar-refractivity contribution in [1.29, 1.82) is 5.26 Å². The Morgan fingerprint density at radius 1 is 1.11 bits per heavy atom. The summed E-state index contributed by atoms with van der Waals surface area (Å²) in [4.78, 5) is 12.7. The molecule has 3 aromatic carbocycles. The van der Waals surface area contributed by atoms with Crippen molar-refractivity contribution in [3.05, 3.63) is 107 Å². The summed E-state index contributed by atoms with van der Waals surface area (Å²) in [6.07, 6.45) is 3.74. The quantitative estimate of drug-likeness (QED) is 0.212. The maximum absolute atomic E-state index is 13.2. The Morgan fingerprint density at radius 2 is 1.83 bits per heavy atom. The van der Waals surface area contributed by atoms with E-state index in [1.807, 2.05) is 38.1 Å². The molecule has 1 N–H and O–H groups in total. The molecule has 0 aliphatic rings. The van der Waals surface area contributed by atoms with Crippen LogP contribution in [-0.4, -0.2) is 12.5 Å². The molecule has 0 fully saturated rings. The number of amides is 1. The van der Waals surface area contributed by atoms with Crippen molar-refractivity contribution < 1.29 is 18.7 Å². The van der Waals surface area contributed by atoms with Crippen LogP contribution in [0.1, 0.15) is 29.2 Å². The Kier molecular flexibility index (Phi) is 8.80. The van der Waals surface area contributed by atoms with Crippen molar-refractivity contribution in [2.75, 3.05) is 11.9 Å². The lowest BCUT2D eigenvalue weighted by atomic mass is 10.0. The Hall–Kier alpha value is -4.37. The molecule has 0 aliphatic heterocycles. The largest absolute Gasteiger partial charge is 0.490 e. The fourth-order valence-electron chi connectivity index (χ4n) is 3.39. The molecule has 0 unspecified atom stereocenters. The molecule has 3 rings (SSSR count). The molecule has 0 aliphatic carbocycles. The number of carbonyl (C=O) groups is 1. The number of allylic oxidation sites excluding steroid dienone is 1.